The quantitative estimate of drug-likeness (QED) is 0.370. The molecule has 2 N–H and O–H groups in total. The zero-order valence-electron chi connectivity index (χ0n) is 13.2. The normalized spacial score (nSPS) is 11.6. The average Bonchev–Trinajstić information content (AvgIpc) is 3.07. The number of nitrogens with zero attached hydrogens (tertiary/aromatic N) is 2. The lowest BCUT2D eigenvalue weighted by Crippen LogP contribution is -2.05. The van der Waals surface area contributed by atoms with Crippen LogP contribution in [-0.4, -0.2) is 19.9 Å². The van der Waals surface area contributed by atoms with Crippen LogP contribution in [0.25, 0.3) is 44.0 Å². The minimum absolute atomic E-state index is 0.140. The van der Waals surface area contributed by atoms with Crippen molar-refractivity contribution in [2.75, 3.05) is 0 Å². The number of hydrogen-bond acceptors (Lipinski definition) is 3. The number of aromatic amines is 2. The number of imidazole rings is 1. The second-order valence-corrected chi connectivity index (χ2v) is 7.27. The molecule has 0 unspecified atom stereocenters. The lowest BCUT2D eigenvalue weighted by molar-refractivity contribution is 1.28. The number of aromatic nitrogens is 4. The number of benzene rings is 2. The van der Waals surface area contributed by atoms with Crippen molar-refractivity contribution in [1.29, 1.82) is 0 Å². The average molecular weight is 426 g/mol. The molecule has 3 aromatic heterocycles. The van der Waals surface area contributed by atoms with Crippen LogP contribution in [0.1, 0.15) is 0 Å². The van der Waals surface area contributed by atoms with Gasteiger partial charge in [-0.05, 0) is 29.7 Å². The van der Waals surface area contributed by atoms with Crippen molar-refractivity contribution in [1.82, 2.24) is 19.9 Å². The Morgan fingerprint density at radius 2 is 1.96 bits per heavy atom. The molecule has 0 fully saturated rings. The van der Waals surface area contributed by atoms with Crippen LogP contribution < -0.4 is 5.56 Å². The number of fused-ring (bicyclic) bond motifs is 6. The molecule has 5 aromatic rings. The maximum absolute atomic E-state index is 12.5. The number of hydrogen-bond donors (Lipinski definition) is 2. The van der Waals surface area contributed by atoms with Crippen molar-refractivity contribution < 1.29 is 0 Å². The molecule has 2 aromatic carbocycles. The van der Waals surface area contributed by atoms with Gasteiger partial charge < -0.3 is 9.97 Å². The Labute approximate surface area is 160 Å². The van der Waals surface area contributed by atoms with Gasteiger partial charge in [0.15, 0.2) is 0 Å². The molecule has 26 heavy (non-hydrogen) atoms. The third-order valence-electron chi connectivity index (χ3n) is 4.47. The summed E-state index contributed by atoms with van der Waals surface area (Å²) < 4.78 is 0.908. The molecule has 0 aliphatic carbocycles. The summed E-state index contributed by atoms with van der Waals surface area (Å²) in [6.45, 7) is 0. The van der Waals surface area contributed by atoms with Crippen LogP contribution in [-0.2, 0) is 0 Å². The van der Waals surface area contributed by atoms with Gasteiger partial charge >= 0.3 is 0 Å². The molecule has 5 nitrogen and oxygen atoms in total. The highest BCUT2D eigenvalue weighted by atomic mass is 79.9. The van der Waals surface area contributed by atoms with Crippen molar-refractivity contribution in [3.05, 3.63) is 68.8 Å². The number of rotatable bonds is 1. The third kappa shape index (κ3) is 2.19. The standard InChI is InChI=1S/C19H10BrClN4O/c20-9-1-2-10-13(7-9)15-12(4-6-23-19(15)26)17-16(10)24-18(25-17)11-3-5-22-8-14(11)21/h1-8H,(H,23,26)(H,24,25). The highest BCUT2D eigenvalue weighted by Gasteiger charge is 2.16. The molecule has 5 rings (SSSR count). The molecular formula is C19H10BrClN4O. The summed E-state index contributed by atoms with van der Waals surface area (Å²) in [5.74, 6) is 0.643. The summed E-state index contributed by atoms with van der Waals surface area (Å²) in [5.41, 5.74) is 2.23. The Kier molecular flexibility index (Phi) is 3.38. The molecule has 0 saturated heterocycles. The first-order chi connectivity index (χ1) is 12.6. The summed E-state index contributed by atoms with van der Waals surface area (Å²) in [6.07, 6.45) is 4.90. The van der Waals surface area contributed by atoms with E-state index in [0.29, 0.717) is 16.2 Å². The van der Waals surface area contributed by atoms with Crippen molar-refractivity contribution in [2.24, 2.45) is 0 Å². The Bertz CT molecular complexity index is 1390. The Morgan fingerprint density at radius 1 is 1.08 bits per heavy atom. The highest BCUT2D eigenvalue weighted by molar-refractivity contribution is 9.10. The Hall–Kier alpha value is -2.70. The zero-order valence-corrected chi connectivity index (χ0v) is 15.5. The van der Waals surface area contributed by atoms with Gasteiger partial charge in [-0.15, -0.1) is 0 Å². The lowest BCUT2D eigenvalue weighted by Gasteiger charge is -2.05. The molecule has 0 atom stereocenters. The van der Waals surface area contributed by atoms with Gasteiger partial charge in [-0.25, -0.2) is 4.98 Å². The molecule has 0 bridgehead atoms. The van der Waals surface area contributed by atoms with Crippen molar-refractivity contribution in [3.63, 3.8) is 0 Å². The summed E-state index contributed by atoms with van der Waals surface area (Å²) in [5, 5.41) is 3.72. The number of halogens is 2. The SMILES string of the molecule is O=c1[nH]ccc2c3nc(-c4ccncc4Cl)[nH]c3c3ccc(Br)cc3c12. The molecule has 0 aliphatic rings. The van der Waals surface area contributed by atoms with Crippen LogP contribution in [0.4, 0.5) is 0 Å². The smallest absolute Gasteiger partial charge is 0.256 e. The lowest BCUT2D eigenvalue weighted by atomic mass is 10.0. The predicted octanol–water partition coefficient (Wildman–Crippen LogP) is 5.04. The second-order valence-electron chi connectivity index (χ2n) is 5.95. The van der Waals surface area contributed by atoms with E-state index in [2.05, 4.69) is 30.9 Å². The van der Waals surface area contributed by atoms with Crippen LogP contribution in [0.15, 0.2) is 58.2 Å². The first-order valence-corrected chi connectivity index (χ1v) is 9.03. The molecule has 0 amide bonds. The fraction of sp³-hybridized carbons (Fsp3) is 0. The minimum Gasteiger partial charge on any atom is -0.337 e. The van der Waals surface area contributed by atoms with Crippen molar-refractivity contribution in [3.8, 4) is 11.4 Å². The van der Waals surface area contributed by atoms with E-state index in [9.17, 15) is 4.79 Å². The summed E-state index contributed by atoms with van der Waals surface area (Å²) in [7, 11) is 0. The number of nitrogens with one attached hydrogen (secondary N) is 2. The fourth-order valence-electron chi connectivity index (χ4n) is 3.34. The topological polar surface area (TPSA) is 74.4 Å². The molecule has 3 heterocycles. The van der Waals surface area contributed by atoms with E-state index in [4.69, 9.17) is 16.6 Å². The maximum Gasteiger partial charge on any atom is 0.256 e. The van der Waals surface area contributed by atoms with Crippen LogP contribution in [0.5, 0.6) is 0 Å². The molecule has 0 spiro atoms. The zero-order chi connectivity index (χ0) is 17.8. The van der Waals surface area contributed by atoms with Crippen LogP contribution in [0.2, 0.25) is 5.02 Å². The van der Waals surface area contributed by atoms with Gasteiger partial charge in [0.1, 0.15) is 5.82 Å². The summed E-state index contributed by atoms with van der Waals surface area (Å²) >= 11 is 9.78. The Balaban J connectivity index is 2.02. The third-order valence-corrected chi connectivity index (χ3v) is 5.26. The maximum atomic E-state index is 12.5. The first-order valence-electron chi connectivity index (χ1n) is 7.86. The molecular weight excluding hydrogens is 416 g/mol. The predicted molar refractivity (Wildman–Crippen MR) is 108 cm³/mol. The van der Waals surface area contributed by atoms with E-state index in [1.807, 2.05) is 30.3 Å². The van der Waals surface area contributed by atoms with Gasteiger partial charge in [0.25, 0.3) is 5.56 Å². The molecule has 0 saturated carbocycles. The van der Waals surface area contributed by atoms with Gasteiger partial charge in [-0.1, -0.05) is 33.6 Å². The van der Waals surface area contributed by atoms with Crippen molar-refractivity contribution in [2.45, 2.75) is 0 Å². The first kappa shape index (κ1) is 15.5. The summed E-state index contributed by atoms with van der Waals surface area (Å²) in [4.78, 5) is 27.5. The van der Waals surface area contributed by atoms with Crippen LogP contribution in [0, 0.1) is 0 Å². The van der Waals surface area contributed by atoms with Crippen LogP contribution in [0.3, 0.4) is 0 Å². The minimum atomic E-state index is -0.140. The molecule has 126 valence electrons. The number of H-pyrrole nitrogens is 2. The Morgan fingerprint density at radius 3 is 2.81 bits per heavy atom. The monoisotopic (exact) mass is 424 g/mol. The summed E-state index contributed by atoms with van der Waals surface area (Å²) in [6, 6.07) is 9.56. The molecule has 0 radical (unpaired) electrons. The second kappa shape index (κ2) is 5.65. The van der Waals surface area contributed by atoms with E-state index in [1.165, 1.54) is 0 Å². The van der Waals surface area contributed by atoms with E-state index < -0.39 is 0 Å². The van der Waals surface area contributed by atoms with Crippen molar-refractivity contribution >= 4 is 60.1 Å². The molecule has 7 heteroatoms. The van der Waals surface area contributed by atoms with E-state index in [-0.39, 0.29) is 5.56 Å². The largest absolute Gasteiger partial charge is 0.337 e. The highest BCUT2D eigenvalue weighted by Crippen LogP contribution is 2.35. The number of pyridine rings is 2. The van der Waals surface area contributed by atoms with Crippen LogP contribution >= 0.6 is 27.5 Å². The fourth-order valence-corrected chi connectivity index (χ4v) is 3.91. The molecule has 0 aliphatic heterocycles. The van der Waals surface area contributed by atoms with E-state index in [0.717, 1.165) is 37.2 Å². The van der Waals surface area contributed by atoms with Gasteiger partial charge in [0, 0.05) is 39.4 Å². The van der Waals surface area contributed by atoms with Gasteiger partial charge in [0.2, 0.25) is 0 Å². The van der Waals surface area contributed by atoms with E-state index in [1.54, 1.807) is 18.6 Å². The van der Waals surface area contributed by atoms with Gasteiger partial charge in [0.05, 0.1) is 21.4 Å². The van der Waals surface area contributed by atoms with Gasteiger partial charge in [-0.3, -0.25) is 9.78 Å². The van der Waals surface area contributed by atoms with E-state index >= 15 is 0 Å². The van der Waals surface area contributed by atoms with Gasteiger partial charge in [-0.2, -0.15) is 0 Å².